The van der Waals surface area contributed by atoms with E-state index in [1.54, 1.807) is 37.5 Å². The molecule has 0 heterocycles. The van der Waals surface area contributed by atoms with E-state index in [2.05, 4.69) is 20.9 Å². The van der Waals surface area contributed by atoms with Crippen molar-refractivity contribution in [1.29, 1.82) is 0 Å². The number of hydrazine groups is 1. The van der Waals surface area contributed by atoms with Gasteiger partial charge in [-0.25, -0.2) is 10.2 Å². The lowest BCUT2D eigenvalue weighted by Crippen LogP contribution is -2.48. The van der Waals surface area contributed by atoms with Gasteiger partial charge in [0, 0.05) is 6.08 Å². The van der Waals surface area contributed by atoms with Gasteiger partial charge in [-0.05, 0) is 36.0 Å². The summed E-state index contributed by atoms with van der Waals surface area (Å²) in [6, 6.07) is 7.17. The topological polar surface area (TPSA) is 88.7 Å². The van der Waals surface area contributed by atoms with Crippen LogP contribution in [-0.2, 0) is 9.53 Å². The molecular formula is C13H15N3O4S. The van der Waals surface area contributed by atoms with E-state index in [-0.39, 0.29) is 5.11 Å². The molecule has 0 aliphatic carbocycles. The Morgan fingerprint density at radius 2 is 1.81 bits per heavy atom. The lowest BCUT2D eigenvalue weighted by molar-refractivity contribution is -0.115. The molecule has 0 aromatic heterocycles. The maximum absolute atomic E-state index is 11.6. The van der Waals surface area contributed by atoms with Gasteiger partial charge in [-0.2, -0.15) is 0 Å². The Hall–Kier alpha value is -2.61. The number of rotatable bonds is 3. The summed E-state index contributed by atoms with van der Waals surface area (Å²) in [6.07, 6.45) is 2.21. The first-order valence-corrected chi connectivity index (χ1v) is 6.23. The molecule has 0 spiro atoms. The van der Waals surface area contributed by atoms with Crippen molar-refractivity contribution in [3.05, 3.63) is 35.9 Å². The molecule has 112 valence electrons. The third-order valence-corrected chi connectivity index (χ3v) is 2.45. The quantitative estimate of drug-likeness (QED) is 0.438. The van der Waals surface area contributed by atoms with Crippen LogP contribution >= 0.6 is 12.2 Å². The summed E-state index contributed by atoms with van der Waals surface area (Å²) in [5, 5.41) is 2.30. The summed E-state index contributed by atoms with van der Waals surface area (Å²) < 4.78 is 9.35. The fraction of sp³-hybridized carbons (Fsp3) is 0.154. The molecule has 1 rings (SSSR count). The highest BCUT2D eigenvalue weighted by Crippen LogP contribution is 2.12. The number of methoxy groups -OCH3 is 2. The number of carbonyl (C=O) groups excluding carboxylic acids is 2. The second-order valence-corrected chi connectivity index (χ2v) is 4.07. The Morgan fingerprint density at radius 1 is 1.14 bits per heavy atom. The molecule has 0 fully saturated rings. The Kier molecular flexibility index (Phi) is 6.69. The zero-order valence-electron chi connectivity index (χ0n) is 11.5. The van der Waals surface area contributed by atoms with Crippen molar-refractivity contribution < 1.29 is 19.1 Å². The summed E-state index contributed by atoms with van der Waals surface area (Å²) >= 11 is 4.80. The van der Waals surface area contributed by atoms with Crippen LogP contribution in [0.2, 0.25) is 0 Å². The summed E-state index contributed by atoms with van der Waals surface area (Å²) in [6.45, 7) is 0. The predicted octanol–water partition coefficient (Wildman–Crippen LogP) is 0.970. The molecule has 8 heteroatoms. The van der Waals surface area contributed by atoms with Gasteiger partial charge < -0.3 is 9.47 Å². The number of amides is 2. The molecule has 0 aliphatic rings. The zero-order chi connectivity index (χ0) is 15.7. The van der Waals surface area contributed by atoms with E-state index in [1.807, 2.05) is 0 Å². The lowest BCUT2D eigenvalue weighted by Gasteiger charge is -2.08. The molecule has 21 heavy (non-hydrogen) atoms. The van der Waals surface area contributed by atoms with Crippen LogP contribution in [0.4, 0.5) is 4.79 Å². The molecule has 0 bridgehead atoms. The zero-order valence-corrected chi connectivity index (χ0v) is 12.3. The van der Waals surface area contributed by atoms with Gasteiger partial charge in [0.25, 0.3) is 0 Å². The molecule has 0 saturated carbocycles. The highest BCUT2D eigenvalue weighted by Gasteiger charge is 2.02. The predicted molar refractivity (Wildman–Crippen MR) is 81.4 cm³/mol. The van der Waals surface area contributed by atoms with Crippen molar-refractivity contribution >= 4 is 35.4 Å². The molecule has 0 unspecified atom stereocenters. The van der Waals surface area contributed by atoms with Gasteiger partial charge in [-0.1, -0.05) is 12.1 Å². The minimum Gasteiger partial charge on any atom is -0.497 e. The summed E-state index contributed by atoms with van der Waals surface area (Å²) in [5.74, 6) is 0.297. The van der Waals surface area contributed by atoms with Crippen molar-refractivity contribution in [2.45, 2.75) is 0 Å². The number of hydrogen-bond acceptors (Lipinski definition) is 5. The Labute approximate surface area is 127 Å². The van der Waals surface area contributed by atoms with Crippen LogP contribution in [0.5, 0.6) is 5.75 Å². The molecule has 1 aromatic carbocycles. The molecule has 0 atom stereocenters. The van der Waals surface area contributed by atoms with E-state index in [4.69, 9.17) is 17.0 Å². The molecule has 0 radical (unpaired) electrons. The standard InChI is InChI=1S/C13H15N3O4S/c1-19-10-6-3-9(4-7-10)5-8-11(17)14-12(21)15-16-13(18)20-2/h3-8H,1-2H3,(H,16,18)(H2,14,15,17,21). The number of ether oxygens (including phenoxy) is 2. The Morgan fingerprint density at radius 3 is 2.38 bits per heavy atom. The van der Waals surface area contributed by atoms with E-state index in [9.17, 15) is 9.59 Å². The van der Waals surface area contributed by atoms with E-state index in [0.717, 1.165) is 11.3 Å². The van der Waals surface area contributed by atoms with Gasteiger partial charge in [0.15, 0.2) is 5.11 Å². The second kappa shape index (κ2) is 8.54. The fourth-order valence-electron chi connectivity index (χ4n) is 1.23. The molecule has 3 N–H and O–H groups in total. The average Bonchev–Trinajstić information content (AvgIpc) is 2.51. The monoisotopic (exact) mass is 309 g/mol. The lowest BCUT2D eigenvalue weighted by atomic mass is 10.2. The van der Waals surface area contributed by atoms with E-state index in [1.165, 1.54) is 13.2 Å². The van der Waals surface area contributed by atoms with Gasteiger partial charge in [0.2, 0.25) is 5.91 Å². The fourth-order valence-corrected chi connectivity index (χ4v) is 1.38. The molecule has 7 nitrogen and oxygen atoms in total. The van der Waals surface area contributed by atoms with Crippen LogP contribution in [0.3, 0.4) is 0 Å². The van der Waals surface area contributed by atoms with Crippen LogP contribution in [0, 0.1) is 0 Å². The van der Waals surface area contributed by atoms with E-state index >= 15 is 0 Å². The highest BCUT2D eigenvalue weighted by molar-refractivity contribution is 7.80. The van der Waals surface area contributed by atoms with E-state index in [0.29, 0.717) is 0 Å². The summed E-state index contributed by atoms with van der Waals surface area (Å²) in [4.78, 5) is 22.3. The van der Waals surface area contributed by atoms with Gasteiger partial charge in [0.05, 0.1) is 14.2 Å². The smallest absolute Gasteiger partial charge is 0.425 e. The van der Waals surface area contributed by atoms with Crippen molar-refractivity contribution in [3.63, 3.8) is 0 Å². The van der Waals surface area contributed by atoms with Crippen LogP contribution in [-0.4, -0.2) is 31.3 Å². The number of thiocarbonyl (C=S) groups is 1. The first kappa shape index (κ1) is 16.4. The Bertz CT molecular complexity index is 543. The van der Waals surface area contributed by atoms with Gasteiger partial charge in [-0.3, -0.25) is 15.5 Å². The molecular weight excluding hydrogens is 294 g/mol. The molecule has 0 aliphatic heterocycles. The van der Waals surface area contributed by atoms with Gasteiger partial charge in [-0.15, -0.1) is 0 Å². The van der Waals surface area contributed by atoms with Crippen molar-refractivity contribution in [1.82, 2.24) is 16.2 Å². The maximum Gasteiger partial charge on any atom is 0.425 e. The largest absolute Gasteiger partial charge is 0.497 e. The van der Waals surface area contributed by atoms with Crippen molar-refractivity contribution in [2.24, 2.45) is 0 Å². The molecule has 1 aromatic rings. The summed E-state index contributed by atoms with van der Waals surface area (Å²) in [7, 11) is 2.78. The van der Waals surface area contributed by atoms with Gasteiger partial charge >= 0.3 is 6.09 Å². The number of hydrogen-bond donors (Lipinski definition) is 3. The first-order valence-electron chi connectivity index (χ1n) is 5.82. The third-order valence-electron chi connectivity index (χ3n) is 2.24. The number of nitrogens with one attached hydrogen (secondary N) is 3. The van der Waals surface area contributed by atoms with Crippen LogP contribution in [0.15, 0.2) is 30.3 Å². The minimum absolute atomic E-state index is 0.0511. The van der Waals surface area contributed by atoms with Crippen LogP contribution in [0.1, 0.15) is 5.56 Å². The highest BCUT2D eigenvalue weighted by atomic mass is 32.1. The molecule has 2 amide bonds. The third kappa shape index (κ3) is 6.39. The second-order valence-electron chi connectivity index (χ2n) is 3.67. The SMILES string of the molecule is COC(=O)NNC(=S)NC(=O)C=Cc1ccc(OC)cc1. The molecule has 0 saturated heterocycles. The minimum atomic E-state index is -0.722. The Balaban J connectivity index is 2.43. The van der Waals surface area contributed by atoms with Crippen molar-refractivity contribution in [2.75, 3.05) is 14.2 Å². The first-order chi connectivity index (χ1) is 10.0. The van der Waals surface area contributed by atoms with Crippen LogP contribution in [0.25, 0.3) is 6.08 Å². The summed E-state index contributed by atoms with van der Waals surface area (Å²) in [5.41, 5.74) is 5.25. The van der Waals surface area contributed by atoms with Gasteiger partial charge in [0.1, 0.15) is 5.75 Å². The number of carbonyl (C=O) groups is 2. The average molecular weight is 309 g/mol. The van der Waals surface area contributed by atoms with Crippen LogP contribution < -0.4 is 20.9 Å². The normalized spacial score (nSPS) is 9.81. The number of benzene rings is 1. The van der Waals surface area contributed by atoms with Crippen molar-refractivity contribution in [3.8, 4) is 5.75 Å². The maximum atomic E-state index is 11.6. The van der Waals surface area contributed by atoms with E-state index < -0.39 is 12.0 Å².